The minimum absolute atomic E-state index is 0.134. The van der Waals surface area contributed by atoms with E-state index in [9.17, 15) is 9.59 Å². The quantitative estimate of drug-likeness (QED) is 0.0143. The number of para-hydroxylation sites is 1. The number of hydrogen-bond donors (Lipinski definition) is 0. The molecular formula is C52H69N3O8S. The van der Waals surface area contributed by atoms with Gasteiger partial charge in [0, 0.05) is 18.2 Å². The number of unbranched alkanes of at least 4 members (excludes halogenated alkanes) is 3. The molecule has 12 heteroatoms. The van der Waals surface area contributed by atoms with Gasteiger partial charge in [0.2, 0.25) is 5.13 Å². The number of hydrogen-bond acceptors (Lipinski definition) is 12. The molecule has 2 fully saturated rings. The predicted molar refractivity (Wildman–Crippen MR) is 256 cm³/mol. The highest BCUT2D eigenvalue weighted by Crippen LogP contribution is 2.40. The van der Waals surface area contributed by atoms with Crippen molar-refractivity contribution in [3.63, 3.8) is 0 Å². The smallest absolute Gasteiger partial charge is 0.330 e. The van der Waals surface area contributed by atoms with E-state index < -0.39 is 5.97 Å². The number of anilines is 1. The van der Waals surface area contributed by atoms with Crippen LogP contribution in [0.2, 0.25) is 0 Å². The summed E-state index contributed by atoms with van der Waals surface area (Å²) in [5, 5.41) is 8.22. The van der Waals surface area contributed by atoms with Crippen molar-refractivity contribution in [3.8, 4) is 17.2 Å². The Bertz CT molecular complexity index is 2000. The molecule has 346 valence electrons. The van der Waals surface area contributed by atoms with Crippen LogP contribution in [0.3, 0.4) is 0 Å². The molecule has 2 aliphatic carbocycles. The average molecular weight is 896 g/mol. The van der Waals surface area contributed by atoms with Gasteiger partial charge in [0.05, 0.1) is 55.4 Å². The van der Waals surface area contributed by atoms with E-state index in [1.807, 2.05) is 6.07 Å². The number of ether oxygens (including phenoxy) is 6. The van der Waals surface area contributed by atoms with Gasteiger partial charge in [0.1, 0.15) is 30.5 Å². The summed E-state index contributed by atoms with van der Waals surface area (Å²) in [4.78, 5) is 29.2. The van der Waals surface area contributed by atoms with Crippen LogP contribution in [0.15, 0.2) is 84.5 Å². The number of benzene rings is 3. The van der Waals surface area contributed by atoms with Gasteiger partial charge in [-0.15, -0.1) is 0 Å². The summed E-state index contributed by atoms with van der Waals surface area (Å²) in [6.45, 7) is 11.4. The fraction of sp³-hybridized carbons (Fsp3) is 0.538. The lowest BCUT2D eigenvalue weighted by atomic mass is 9.76. The van der Waals surface area contributed by atoms with Gasteiger partial charge in [0.25, 0.3) is 0 Å². The first-order chi connectivity index (χ1) is 31.4. The van der Waals surface area contributed by atoms with Crippen molar-refractivity contribution in [1.82, 2.24) is 4.98 Å². The topological polar surface area (TPSA) is 118 Å². The molecule has 3 aromatic carbocycles. The summed E-state index contributed by atoms with van der Waals surface area (Å²) in [7, 11) is 0. The number of nitrogens with zero attached hydrogens (tertiary/aromatic N) is 3. The highest BCUT2D eigenvalue weighted by atomic mass is 32.1. The Morgan fingerprint density at radius 2 is 1.47 bits per heavy atom. The van der Waals surface area contributed by atoms with Crippen molar-refractivity contribution in [2.45, 2.75) is 110 Å². The molecule has 2 saturated carbocycles. The molecule has 6 rings (SSSR count). The Kier molecular flexibility index (Phi) is 20.4. The number of esters is 2. The molecule has 0 spiro atoms. The van der Waals surface area contributed by atoms with Crippen LogP contribution in [-0.4, -0.2) is 75.9 Å². The molecule has 0 atom stereocenters. The first kappa shape index (κ1) is 48.7. The van der Waals surface area contributed by atoms with E-state index in [1.54, 1.807) is 35.6 Å². The van der Waals surface area contributed by atoms with Gasteiger partial charge < -0.3 is 28.4 Å². The molecule has 0 bridgehead atoms. The van der Waals surface area contributed by atoms with Gasteiger partial charge in [-0.2, -0.15) is 5.10 Å². The lowest BCUT2D eigenvalue weighted by Crippen LogP contribution is -2.27. The van der Waals surface area contributed by atoms with Crippen molar-refractivity contribution < 1.29 is 38.0 Å². The Morgan fingerprint density at radius 1 is 0.766 bits per heavy atom. The molecule has 0 radical (unpaired) electrons. The second-order valence-electron chi connectivity index (χ2n) is 17.1. The van der Waals surface area contributed by atoms with Gasteiger partial charge in [0.15, 0.2) is 0 Å². The van der Waals surface area contributed by atoms with Crippen LogP contribution >= 0.6 is 11.3 Å². The molecule has 64 heavy (non-hydrogen) atoms. The second-order valence-corrected chi connectivity index (χ2v) is 18.1. The SMILES string of the molecule is C=CC(=O)OCCOCCOCCOc1ccc(OC(=O)C2CCC(COc3ccc(C4CCC(CCC)CC4)c(/C=N/N(CCCCCC)c4nc5ccccc5s4)c3)CC2)cc1. The largest absolute Gasteiger partial charge is 0.493 e. The minimum atomic E-state index is -0.468. The zero-order valence-electron chi connectivity index (χ0n) is 38.1. The summed E-state index contributed by atoms with van der Waals surface area (Å²) in [6.07, 6.45) is 18.8. The standard InChI is InChI=1S/C52H69N3O8S/c1-4-7-8-11-29-55(52-54-48-13-9-10-14-49(48)64-52)53-37-43-36-46(27-28-47(43)41-19-15-39(12-5-2)16-20-41)62-38-40-17-21-42(22-18-40)51(57)63-45-25-23-44(24-26-45)60-34-32-58-30-31-59-33-35-61-50(56)6-3/h6,9-10,13-14,23-28,36-37,39-42H,3-5,7-8,11-12,15-22,29-35,38H2,1-2H3/b53-37+. The number of carbonyl (C=O) groups excluding carboxylic acids is 2. The molecule has 0 N–H and O–H groups in total. The highest BCUT2D eigenvalue weighted by molar-refractivity contribution is 7.22. The van der Waals surface area contributed by atoms with E-state index in [1.165, 1.54) is 68.1 Å². The van der Waals surface area contributed by atoms with Crippen molar-refractivity contribution in [2.24, 2.45) is 22.9 Å². The summed E-state index contributed by atoms with van der Waals surface area (Å²) < 4.78 is 35.0. The summed E-state index contributed by atoms with van der Waals surface area (Å²) in [5.41, 5.74) is 3.52. The molecule has 0 saturated heterocycles. The molecule has 11 nitrogen and oxygen atoms in total. The first-order valence-corrected chi connectivity index (χ1v) is 24.6. The summed E-state index contributed by atoms with van der Waals surface area (Å²) in [6, 6.07) is 22.1. The van der Waals surface area contributed by atoms with Crippen molar-refractivity contribution >= 4 is 44.8 Å². The van der Waals surface area contributed by atoms with E-state index in [-0.39, 0.29) is 18.5 Å². The van der Waals surface area contributed by atoms with Crippen LogP contribution in [0.5, 0.6) is 17.2 Å². The van der Waals surface area contributed by atoms with Crippen LogP contribution in [0.4, 0.5) is 5.13 Å². The normalized spacial score (nSPS) is 18.8. The Labute approximate surface area is 384 Å². The Morgan fingerprint density at radius 3 is 2.20 bits per heavy atom. The maximum absolute atomic E-state index is 13.2. The van der Waals surface area contributed by atoms with Crippen LogP contribution in [0.25, 0.3) is 10.2 Å². The zero-order chi connectivity index (χ0) is 44.8. The van der Waals surface area contributed by atoms with Crippen molar-refractivity contribution in [2.75, 3.05) is 57.8 Å². The maximum Gasteiger partial charge on any atom is 0.330 e. The Balaban J connectivity index is 0.975. The monoisotopic (exact) mass is 895 g/mol. The molecule has 1 aromatic heterocycles. The number of thiazole rings is 1. The first-order valence-electron chi connectivity index (χ1n) is 23.7. The molecule has 0 unspecified atom stereocenters. The van der Waals surface area contributed by atoms with Crippen LogP contribution < -0.4 is 19.2 Å². The second kappa shape index (κ2) is 26.9. The fourth-order valence-corrected chi connectivity index (χ4v) is 9.62. The van der Waals surface area contributed by atoms with Gasteiger partial charge in [-0.3, -0.25) is 4.79 Å². The van der Waals surface area contributed by atoms with Gasteiger partial charge in [-0.05, 0) is 130 Å². The number of fused-ring (bicyclic) bond motifs is 1. The zero-order valence-corrected chi connectivity index (χ0v) is 38.9. The number of aromatic nitrogens is 1. The minimum Gasteiger partial charge on any atom is -0.493 e. The van der Waals surface area contributed by atoms with E-state index in [2.05, 4.69) is 68.0 Å². The fourth-order valence-electron chi connectivity index (χ4n) is 8.67. The van der Waals surface area contributed by atoms with Crippen LogP contribution in [0.1, 0.15) is 121 Å². The molecule has 0 amide bonds. The van der Waals surface area contributed by atoms with E-state index in [0.29, 0.717) is 63.0 Å². The van der Waals surface area contributed by atoms with Gasteiger partial charge >= 0.3 is 11.9 Å². The third-order valence-corrected chi connectivity index (χ3v) is 13.4. The summed E-state index contributed by atoms with van der Waals surface area (Å²) >= 11 is 1.71. The van der Waals surface area contributed by atoms with Crippen molar-refractivity contribution in [1.29, 1.82) is 0 Å². The molecular weight excluding hydrogens is 827 g/mol. The molecule has 4 aromatic rings. The predicted octanol–water partition coefficient (Wildman–Crippen LogP) is 11.7. The van der Waals surface area contributed by atoms with Crippen molar-refractivity contribution in [3.05, 3.63) is 90.5 Å². The lowest BCUT2D eigenvalue weighted by molar-refractivity contribution is -0.140. The third-order valence-electron chi connectivity index (χ3n) is 12.3. The Hall–Kier alpha value is -4.78. The number of hydrazone groups is 1. The number of carbonyl (C=O) groups is 2. The number of rotatable bonds is 27. The maximum atomic E-state index is 13.2. The molecule has 1 heterocycles. The lowest BCUT2D eigenvalue weighted by Gasteiger charge is -2.30. The van der Waals surface area contributed by atoms with Crippen LogP contribution in [0, 0.1) is 17.8 Å². The van der Waals surface area contributed by atoms with Crippen LogP contribution in [-0.2, 0) is 23.8 Å². The molecule has 2 aliphatic rings. The average Bonchev–Trinajstić information content (AvgIpc) is 3.76. The van der Waals surface area contributed by atoms with Gasteiger partial charge in [-0.25, -0.2) is 14.8 Å². The van der Waals surface area contributed by atoms with E-state index in [0.717, 1.165) is 72.6 Å². The highest BCUT2D eigenvalue weighted by Gasteiger charge is 2.29. The van der Waals surface area contributed by atoms with Gasteiger partial charge in [-0.1, -0.05) is 82.1 Å². The molecule has 0 aliphatic heterocycles. The summed E-state index contributed by atoms with van der Waals surface area (Å²) in [5.74, 6) is 2.98. The van der Waals surface area contributed by atoms with E-state index >= 15 is 0 Å². The third kappa shape index (κ3) is 15.7. The van der Waals surface area contributed by atoms with E-state index in [4.69, 9.17) is 38.5 Å².